The van der Waals surface area contributed by atoms with E-state index in [0.717, 1.165) is 31.4 Å². The van der Waals surface area contributed by atoms with Crippen LogP contribution in [0.3, 0.4) is 0 Å². The third-order valence-electron chi connectivity index (χ3n) is 2.56. The van der Waals surface area contributed by atoms with Gasteiger partial charge in [0.15, 0.2) is 0 Å². The molecule has 1 heterocycles. The highest BCUT2D eigenvalue weighted by Crippen LogP contribution is 2.22. The summed E-state index contributed by atoms with van der Waals surface area (Å²) in [6.07, 6.45) is 5.38. The summed E-state index contributed by atoms with van der Waals surface area (Å²) in [7, 11) is 0. The normalized spacial score (nSPS) is 18.4. The molecule has 1 amide bonds. The van der Waals surface area contributed by atoms with E-state index in [2.05, 4.69) is 19.2 Å². The third-order valence-corrected chi connectivity index (χ3v) is 2.56. The van der Waals surface area contributed by atoms with Crippen LogP contribution in [0.1, 0.15) is 33.1 Å². The molecule has 0 bridgehead atoms. The predicted molar refractivity (Wildman–Crippen MR) is 56.8 cm³/mol. The second kappa shape index (κ2) is 6.32. The van der Waals surface area contributed by atoms with Crippen LogP contribution in [0, 0.1) is 5.92 Å². The van der Waals surface area contributed by atoms with Crippen molar-refractivity contribution in [3.8, 4) is 0 Å². The largest absolute Gasteiger partial charge is 0.462 e. The molecule has 1 rings (SSSR count). The number of allylic oxidation sites excluding steroid dienone is 1. The molecule has 0 saturated heterocycles. The van der Waals surface area contributed by atoms with Gasteiger partial charge in [-0.1, -0.05) is 20.3 Å². The first-order chi connectivity index (χ1) is 7.27. The number of ether oxygens (including phenoxy) is 2. The van der Waals surface area contributed by atoms with Gasteiger partial charge in [-0.25, -0.2) is 0 Å². The molecule has 15 heavy (non-hydrogen) atoms. The van der Waals surface area contributed by atoms with Gasteiger partial charge in [0.1, 0.15) is 12.0 Å². The lowest BCUT2D eigenvalue weighted by Crippen LogP contribution is -2.29. The van der Waals surface area contributed by atoms with Crippen molar-refractivity contribution in [2.24, 2.45) is 5.92 Å². The van der Waals surface area contributed by atoms with Gasteiger partial charge in [0.25, 0.3) is 0 Å². The Morgan fingerprint density at radius 2 is 2.47 bits per heavy atom. The summed E-state index contributed by atoms with van der Waals surface area (Å²) in [4.78, 5) is 10.4. The summed E-state index contributed by atoms with van der Waals surface area (Å²) >= 11 is 0. The topological polar surface area (TPSA) is 47.6 Å². The number of nitrogens with one attached hydrogen (secondary N) is 1. The van der Waals surface area contributed by atoms with Crippen LogP contribution in [0.25, 0.3) is 0 Å². The van der Waals surface area contributed by atoms with Crippen molar-refractivity contribution in [1.29, 1.82) is 0 Å². The van der Waals surface area contributed by atoms with Gasteiger partial charge in [0.05, 0.1) is 0 Å². The zero-order chi connectivity index (χ0) is 11.1. The first-order valence-corrected chi connectivity index (χ1v) is 5.42. The van der Waals surface area contributed by atoms with E-state index in [4.69, 9.17) is 9.47 Å². The van der Waals surface area contributed by atoms with E-state index >= 15 is 0 Å². The van der Waals surface area contributed by atoms with E-state index in [1.54, 1.807) is 6.26 Å². The molecule has 86 valence electrons. The van der Waals surface area contributed by atoms with Crippen LogP contribution in [0.4, 0.5) is 0 Å². The minimum Gasteiger partial charge on any atom is -0.462 e. The van der Waals surface area contributed by atoms with Gasteiger partial charge in [-0.3, -0.25) is 4.79 Å². The quantitative estimate of drug-likeness (QED) is 0.656. The Morgan fingerprint density at radius 1 is 1.67 bits per heavy atom. The average Bonchev–Trinajstić information content (AvgIpc) is 2.71. The van der Waals surface area contributed by atoms with E-state index in [0.29, 0.717) is 6.79 Å². The molecule has 0 radical (unpaired) electrons. The van der Waals surface area contributed by atoms with E-state index in [-0.39, 0.29) is 12.0 Å². The Morgan fingerprint density at radius 3 is 3.00 bits per heavy atom. The number of carbonyl (C=O) groups is 1. The van der Waals surface area contributed by atoms with Crippen molar-refractivity contribution < 1.29 is 14.3 Å². The van der Waals surface area contributed by atoms with Crippen LogP contribution >= 0.6 is 0 Å². The van der Waals surface area contributed by atoms with Gasteiger partial charge < -0.3 is 14.8 Å². The van der Waals surface area contributed by atoms with Crippen molar-refractivity contribution >= 4 is 6.41 Å². The second-order valence-electron chi connectivity index (χ2n) is 3.86. The number of hydrogen-bond acceptors (Lipinski definition) is 3. The van der Waals surface area contributed by atoms with Gasteiger partial charge in [0, 0.05) is 12.0 Å². The van der Waals surface area contributed by atoms with Crippen LogP contribution in [0.5, 0.6) is 0 Å². The second-order valence-corrected chi connectivity index (χ2v) is 3.86. The van der Waals surface area contributed by atoms with Crippen molar-refractivity contribution in [3.05, 3.63) is 12.0 Å². The molecule has 0 aromatic rings. The maximum absolute atomic E-state index is 10.4. The smallest absolute Gasteiger partial charge is 0.229 e. The van der Waals surface area contributed by atoms with Gasteiger partial charge in [-0.15, -0.1) is 0 Å². The molecule has 0 aliphatic carbocycles. The molecule has 4 nitrogen and oxygen atoms in total. The predicted octanol–water partition coefficient (Wildman–Crippen LogP) is 1.77. The molecule has 1 aliphatic heterocycles. The van der Waals surface area contributed by atoms with Gasteiger partial charge in [0.2, 0.25) is 13.2 Å². The maximum atomic E-state index is 10.4. The minimum atomic E-state index is 0.229. The van der Waals surface area contributed by atoms with Crippen molar-refractivity contribution in [3.63, 3.8) is 0 Å². The van der Waals surface area contributed by atoms with E-state index in [1.165, 1.54) is 0 Å². The van der Waals surface area contributed by atoms with Crippen LogP contribution in [0.2, 0.25) is 0 Å². The van der Waals surface area contributed by atoms with Crippen LogP contribution in [0.15, 0.2) is 12.0 Å². The first-order valence-electron chi connectivity index (χ1n) is 5.42. The van der Waals surface area contributed by atoms with Crippen molar-refractivity contribution in [2.75, 3.05) is 6.79 Å². The van der Waals surface area contributed by atoms with Crippen LogP contribution in [-0.4, -0.2) is 19.2 Å². The summed E-state index contributed by atoms with van der Waals surface area (Å²) < 4.78 is 10.3. The van der Waals surface area contributed by atoms with Crippen LogP contribution < -0.4 is 5.32 Å². The SMILES string of the molecule is CCCC(CC(C)C1=COCO1)NC=O. The molecule has 0 spiro atoms. The van der Waals surface area contributed by atoms with E-state index in [9.17, 15) is 4.79 Å². The summed E-state index contributed by atoms with van der Waals surface area (Å²) in [6.45, 7) is 4.51. The molecular formula is C11H19NO3. The monoisotopic (exact) mass is 213 g/mol. The summed E-state index contributed by atoms with van der Waals surface area (Å²) in [6, 6.07) is 0.229. The van der Waals surface area contributed by atoms with E-state index < -0.39 is 0 Å². The standard InChI is InChI=1S/C11H19NO3/c1-3-4-10(12-7-13)5-9(2)11-6-14-8-15-11/h6-7,9-10H,3-5,8H2,1-2H3,(H,12,13). The lowest BCUT2D eigenvalue weighted by Gasteiger charge is -2.19. The molecule has 2 unspecified atom stereocenters. The fourth-order valence-electron chi connectivity index (χ4n) is 1.77. The highest BCUT2D eigenvalue weighted by molar-refractivity contribution is 5.46. The maximum Gasteiger partial charge on any atom is 0.229 e. The lowest BCUT2D eigenvalue weighted by atomic mass is 9.97. The highest BCUT2D eigenvalue weighted by Gasteiger charge is 2.19. The fraction of sp³-hybridized carbons (Fsp3) is 0.727. The Bertz CT molecular complexity index is 228. The average molecular weight is 213 g/mol. The van der Waals surface area contributed by atoms with Gasteiger partial charge in [-0.2, -0.15) is 0 Å². The highest BCUT2D eigenvalue weighted by atomic mass is 16.7. The molecule has 4 heteroatoms. The number of hydrogen-bond donors (Lipinski definition) is 1. The molecular weight excluding hydrogens is 194 g/mol. The third kappa shape index (κ3) is 3.81. The molecule has 0 aromatic heterocycles. The first kappa shape index (κ1) is 11.9. The van der Waals surface area contributed by atoms with Crippen molar-refractivity contribution in [2.45, 2.75) is 39.2 Å². The Hall–Kier alpha value is -1.19. The minimum absolute atomic E-state index is 0.229. The Balaban J connectivity index is 2.38. The number of amides is 1. The van der Waals surface area contributed by atoms with Crippen LogP contribution in [-0.2, 0) is 14.3 Å². The Kier molecular flexibility index (Phi) is 5.01. The number of rotatable bonds is 7. The zero-order valence-corrected chi connectivity index (χ0v) is 9.36. The molecule has 0 saturated carbocycles. The molecule has 0 aromatic carbocycles. The zero-order valence-electron chi connectivity index (χ0n) is 9.36. The fourth-order valence-corrected chi connectivity index (χ4v) is 1.77. The summed E-state index contributed by atoms with van der Waals surface area (Å²) in [5, 5.41) is 2.83. The summed E-state index contributed by atoms with van der Waals surface area (Å²) in [5.74, 6) is 1.17. The summed E-state index contributed by atoms with van der Waals surface area (Å²) in [5.41, 5.74) is 0. The van der Waals surface area contributed by atoms with Crippen molar-refractivity contribution in [1.82, 2.24) is 5.32 Å². The van der Waals surface area contributed by atoms with E-state index in [1.807, 2.05) is 0 Å². The molecule has 0 fully saturated rings. The lowest BCUT2D eigenvalue weighted by molar-refractivity contribution is -0.110. The Labute approximate surface area is 90.6 Å². The van der Waals surface area contributed by atoms with Gasteiger partial charge in [-0.05, 0) is 12.8 Å². The molecule has 2 atom stereocenters. The molecule has 1 N–H and O–H groups in total. The molecule has 1 aliphatic rings. The van der Waals surface area contributed by atoms with Gasteiger partial charge >= 0.3 is 0 Å². The number of carbonyl (C=O) groups excluding carboxylic acids is 1.